The predicted molar refractivity (Wildman–Crippen MR) is 79.2 cm³/mol. The Morgan fingerprint density at radius 2 is 2.11 bits per heavy atom. The Morgan fingerprint density at radius 1 is 1.37 bits per heavy atom. The smallest absolute Gasteiger partial charge is 0.0947 e. The number of para-hydroxylation sites is 1. The molecule has 19 heavy (non-hydrogen) atoms. The first kappa shape index (κ1) is 13.5. The topological polar surface area (TPSA) is 66.0 Å². The first-order valence-corrected chi connectivity index (χ1v) is 6.43. The second-order valence-corrected chi connectivity index (χ2v) is 5.04. The fourth-order valence-electron chi connectivity index (χ4n) is 2.21. The Hall–Kier alpha value is -1.94. The van der Waals surface area contributed by atoms with Gasteiger partial charge in [0, 0.05) is 30.6 Å². The number of aromatic nitrogens is 1. The molecule has 4 heteroatoms. The predicted octanol–water partition coefficient (Wildman–Crippen LogP) is 2.24. The number of hydrogen-bond donors (Lipinski definition) is 2. The molecule has 1 unspecified atom stereocenters. The number of nitrogens with one attached hydrogen (secondary N) is 1. The number of benzene rings is 1. The quantitative estimate of drug-likeness (QED) is 0.637. The summed E-state index contributed by atoms with van der Waals surface area (Å²) in [5.74, 6) is 0.324. The molecule has 0 aliphatic heterocycles. The second-order valence-electron chi connectivity index (χ2n) is 5.04. The van der Waals surface area contributed by atoms with E-state index in [9.17, 15) is 0 Å². The van der Waals surface area contributed by atoms with Crippen molar-refractivity contribution in [2.75, 3.05) is 13.6 Å². The number of hydrogen-bond acceptors (Lipinski definition) is 3. The average Bonchev–Trinajstić information content (AvgIpc) is 2.39. The molecule has 0 amide bonds. The molecule has 100 valence electrons. The number of fused-ring (bicyclic) bond motifs is 1. The molecule has 0 bridgehead atoms. The normalized spacial score (nSPS) is 12.8. The molecule has 4 nitrogen and oxygen atoms in total. The molecule has 1 heterocycles. The molecule has 0 aliphatic rings. The second kappa shape index (κ2) is 5.80. The highest BCUT2D eigenvalue weighted by molar-refractivity contribution is 5.81. The SMILES string of the molecule is CC(CN(C)Cc1ccnc2ccccc12)C(=N)N. The molecular weight excluding hydrogens is 236 g/mol. The molecule has 2 aromatic rings. The maximum Gasteiger partial charge on any atom is 0.0947 e. The first-order chi connectivity index (χ1) is 9.08. The highest BCUT2D eigenvalue weighted by Gasteiger charge is 2.10. The number of pyridine rings is 1. The van der Waals surface area contributed by atoms with Crippen LogP contribution in [-0.2, 0) is 6.54 Å². The molecule has 0 fully saturated rings. The fourth-order valence-corrected chi connectivity index (χ4v) is 2.21. The molecule has 0 aliphatic carbocycles. The fraction of sp³-hybridized carbons (Fsp3) is 0.333. The minimum Gasteiger partial charge on any atom is -0.387 e. The van der Waals surface area contributed by atoms with Gasteiger partial charge in [-0.05, 0) is 24.7 Å². The number of amidine groups is 1. The zero-order chi connectivity index (χ0) is 13.8. The lowest BCUT2D eigenvalue weighted by atomic mass is 10.1. The van der Waals surface area contributed by atoms with Crippen LogP contribution in [0, 0.1) is 11.3 Å². The van der Waals surface area contributed by atoms with Crippen molar-refractivity contribution >= 4 is 16.7 Å². The van der Waals surface area contributed by atoms with Crippen LogP contribution in [0.25, 0.3) is 10.9 Å². The van der Waals surface area contributed by atoms with Crippen molar-refractivity contribution in [2.24, 2.45) is 11.7 Å². The molecule has 0 radical (unpaired) electrons. The van der Waals surface area contributed by atoms with Crippen LogP contribution in [0.4, 0.5) is 0 Å². The third-order valence-electron chi connectivity index (χ3n) is 3.30. The van der Waals surface area contributed by atoms with Crippen LogP contribution < -0.4 is 5.73 Å². The van der Waals surface area contributed by atoms with E-state index in [4.69, 9.17) is 11.1 Å². The standard InChI is InChI=1S/C15H20N4/c1-11(15(16)17)9-19(2)10-12-7-8-18-14-6-4-3-5-13(12)14/h3-8,11H,9-10H2,1-2H3,(H3,16,17). The van der Waals surface area contributed by atoms with Crippen LogP contribution in [0.2, 0.25) is 0 Å². The maximum absolute atomic E-state index is 7.45. The van der Waals surface area contributed by atoms with Crippen molar-refractivity contribution in [2.45, 2.75) is 13.5 Å². The van der Waals surface area contributed by atoms with Crippen molar-refractivity contribution in [3.05, 3.63) is 42.1 Å². The summed E-state index contributed by atoms with van der Waals surface area (Å²) < 4.78 is 0. The Kier molecular flexibility index (Phi) is 4.12. The summed E-state index contributed by atoms with van der Waals surface area (Å²) in [6, 6.07) is 10.2. The molecule has 0 saturated heterocycles. The van der Waals surface area contributed by atoms with Gasteiger partial charge in [0.15, 0.2) is 0 Å². The van der Waals surface area contributed by atoms with E-state index in [2.05, 4.69) is 29.1 Å². The highest BCUT2D eigenvalue weighted by atomic mass is 15.1. The van der Waals surface area contributed by atoms with Crippen LogP contribution in [0.1, 0.15) is 12.5 Å². The van der Waals surface area contributed by atoms with Gasteiger partial charge in [0.2, 0.25) is 0 Å². The van der Waals surface area contributed by atoms with Crippen LogP contribution >= 0.6 is 0 Å². The van der Waals surface area contributed by atoms with Crippen molar-refractivity contribution in [3.8, 4) is 0 Å². The van der Waals surface area contributed by atoms with E-state index < -0.39 is 0 Å². The van der Waals surface area contributed by atoms with E-state index in [0.717, 1.165) is 18.6 Å². The van der Waals surface area contributed by atoms with E-state index >= 15 is 0 Å². The Bertz CT molecular complexity index is 574. The third-order valence-corrected chi connectivity index (χ3v) is 3.30. The third kappa shape index (κ3) is 3.29. The van der Waals surface area contributed by atoms with Crippen molar-refractivity contribution in [1.29, 1.82) is 5.41 Å². The van der Waals surface area contributed by atoms with Crippen molar-refractivity contribution in [3.63, 3.8) is 0 Å². The van der Waals surface area contributed by atoms with Gasteiger partial charge >= 0.3 is 0 Å². The van der Waals surface area contributed by atoms with Gasteiger partial charge < -0.3 is 10.6 Å². The zero-order valence-electron chi connectivity index (χ0n) is 11.4. The van der Waals surface area contributed by atoms with Gasteiger partial charge in [0.25, 0.3) is 0 Å². The van der Waals surface area contributed by atoms with Crippen molar-refractivity contribution < 1.29 is 0 Å². The van der Waals surface area contributed by atoms with Gasteiger partial charge in [-0.3, -0.25) is 10.4 Å². The van der Waals surface area contributed by atoms with Gasteiger partial charge in [-0.2, -0.15) is 0 Å². The summed E-state index contributed by atoms with van der Waals surface area (Å²) in [5, 5.41) is 8.63. The zero-order valence-corrected chi connectivity index (χ0v) is 11.4. The lowest BCUT2D eigenvalue weighted by molar-refractivity contribution is 0.307. The van der Waals surface area contributed by atoms with Gasteiger partial charge in [-0.15, -0.1) is 0 Å². The summed E-state index contributed by atoms with van der Waals surface area (Å²) in [6.07, 6.45) is 1.85. The van der Waals surface area contributed by atoms with Crippen LogP contribution in [-0.4, -0.2) is 29.3 Å². The van der Waals surface area contributed by atoms with E-state index in [1.807, 2.05) is 31.3 Å². The lowest BCUT2D eigenvalue weighted by Crippen LogP contribution is -2.31. The molecule has 2 rings (SSSR count). The number of rotatable bonds is 5. The minimum atomic E-state index is 0.0816. The maximum atomic E-state index is 7.45. The average molecular weight is 256 g/mol. The van der Waals surface area contributed by atoms with E-state index in [0.29, 0.717) is 0 Å². The van der Waals surface area contributed by atoms with E-state index in [1.165, 1.54) is 10.9 Å². The number of nitrogens with zero attached hydrogens (tertiary/aromatic N) is 2. The molecule has 0 saturated carbocycles. The number of nitrogens with two attached hydrogens (primary N) is 1. The van der Waals surface area contributed by atoms with Gasteiger partial charge in [0.05, 0.1) is 11.4 Å². The van der Waals surface area contributed by atoms with Crippen LogP contribution in [0.5, 0.6) is 0 Å². The van der Waals surface area contributed by atoms with Crippen LogP contribution in [0.15, 0.2) is 36.5 Å². The summed E-state index contributed by atoms with van der Waals surface area (Å²) >= 11 is 0. The minimum absolute atomic E-state index is 0.0816. The van der Waals surface area contributed by atoms with E-state index in [1.54, 1.807) is 0 Å². The molecular formula is C15H20N4. The van der Waals surface area contributed by atoms with Gasteiger partial charge in [0.1, 0.15) is 0 Å². The van der Waals surface area contributed by atoms with E-state index in [-0.39, 0.29) is 11.8 Å². The Balaban J connectivity index is 2.15. The summed E-state index contributed by atoms with van der Waals surface area (Å²) in [7, 11) is 2.05. The van der Waals surface area contributed by atoms with Crippen LogP contribution in [0.3, 0.4) is 0 Å². The van der Waals surface area contributed by atoms with Gasteiger partial charge in [-0.25, -0.2) is 0 Å². The monoisotopic (exact) mass is 256 g/mol. The summed E-state index contributed by atoms with van der Waals surface area (Å²) in [6.45, 7) is 3.59. The molecule has 1 aromatic heterocycles. The Morgan fingerprint density at radius 3 is 2.84 bits per heavy atom. The molecule has 3 N–H and O–H groups in total. The molecule has 1 atom stereocenters. The molecule has 1 aromatic carbocycles. The van der Waals surface area contributed by atoms with Gasteiger partial charge in [-0.1, -0.05) is 25.1 Å². The highest BCUT2D eigenvalue weighted by Crippen LogP contribution is 2.17. The Labute approximate surface area is 113 Å². The lowest BCUT2D eigenvalue weighted by Gasteiger charge is -2.21. The summed E-state index contributed by atoms with van der Waals surface area (Å²) in [5.41, 5.74) is 7.79. The summed E-state index contributed by atoms with van der Waals surface area (Å²) in [4.78, 5) is 6.55. The largest absolute Gasteiger partial charge is 0.387 e. The first-order valence-electron chi connectivity index (χ1n) is 6.43. The molecule has 0 spiro atoms. The van der Waals surface area contributed by atoms with Crippen molar-refractivity contribution in [1.82, 2.24) is 9.88 Å².